The molecule has 4 heterocycles. The van der Waals surface area contributed by atoms with Crippen LogP contribution in [0.4, 0.5) is 4.39 Å². The van der Waals surface area contributed by atoms with Crippen molar-refractivity contribution in [2.75, 3.05) is 27.2 Å². The van der Waals surface area contributed by atoms with E-state index in [0.29, 0.717) is 23.5 Å². The number of hydrogen-bond acceptors (Lipinski definition) is 9. The fraction of sp³-hybridized carbons (Fsp3) is 0.385. The second kappa shape index (κ2) is 11.0. The predicted octanol–water partition coefficient (Wildman–Crippen LogP) is 1.94. The number of carbonyl (C=O) groups is 1. The standard InChI is InChI=1S/C26H29FN6O6S2/c1-15-12-32(13-16(2)39-15)21(34)14-31-7-8-33-25(36)23(35)22(29-26(31)33)24-28-11-19(40-24)9-17-5-6-18(27)10-20(17)41(37,38)30(3)4/h5-8,10-11,15-16,35H,9,12-14H2,1-4H3/t15-,16-/m0/s1. The van der Waals surface area contributed by atoms with Gasteiger partial charge in [-0.1, -0.05) is 6.07 Å². The third-order valence-electron chi connectivity index (χ3n) is 6.71. The molecule has 0 unspecified atom stereocenters. The monoisotopic (exact) mass is 604 g/mol. The lowest BCUT2D eigenvalue weighted by atomic mass is 10.1. The number of rotatable bonds is 7. The summed E-state index contributed by atoms with van der Waals surface area (Å²) in [5.41, 5.74) is -0.422. The maximum absolute atomic E-state index is 13.9. The molecule has 2 atom stereocenters. The third kappa shape index (κ3) is 5.62. The molecular formula is C26H29FN6O6S2. The molecule has 1 aliphatic heterocycles. The van der Waals surface area contributed by atoms with Gasteiger partial charge in [0.15, 0.2) is 5.69 Å². The largest absolute Gasteiger partial charge is 0.501 e. The number of thiazole rings is 1. The van der Waals surface area contributed by atoms with Crippen LogP contribution in [0.5, 0.6) is 5.75 Å². The Labute approximate surface area is 239 Å². The molecule has 0 aliphatic carbocycles. The molecule has 5 rings (SSSR count). The lowest BCUT2D eigenvalue weighted by Crippen LogP contribution is -2.49. The number of nitrogens with zero attached hydrogens (tertiary/aromatic N) is 6. The van der Waals surface area contributed by atoms with Gasteiger partial charge in [-0.05, 0) is 31.5 Å². The van der Waals surface area contributed by atoms with Crippen molar-refractivity contribution >= 4 is 33.0 Å². The van der Waals surface area contributed by atoms with Crippen molar-refractivity contribution in [2.24, 2.45) is 0 Å². The molecular weight excluding hydrogens is 575 g/mol. The highest BCUT2D eigenvalue weighted by molar-refractivity contribution is 7.89. The van der Waals surface area contributed by atoms with E-state index in [0.717, 1.165) is 26.1 Å². The molecule has 4 aromatic rings. The van der Waals surface area contributed by atoms with Crippen LogP contribution in [0.15, 0.2) is 46.5 Å². The number of aromatic hydroxyl groups is 1. The van der Waals surface area contributed by atoms with Gasteiger partial charge in [-0.3, -0.25) is 9.59 Å². The fourth-order valence-corrected chi connectivity index (χ4v) is 6.81. The van der Waals surface area contributed by atoms with Crippen LogP contribution in [0.2, 0.25) is 0 Å². The van der Waals surface area contributed by atoms with Gasteiger partial charge in [0.05, 0.1) is 17.1 Å². The molecule has 41 heavy (non-hydrogen) atoms. The second-order valence-corrected chi connectivity index (χ2v) is 13.3. The molecule has 218 valence electrons. The van der Waals surface area contributed by atoms with Gasteiger partial charge in [0, 0.05) is 57.1 Å². The first kappa shape index (κ1) is 28.9. The Morgan fingerprint density at radius 2 is 1.93 bits per heavy atom. The number of imidazole rings is 1. The highest BCUT2D eigenvalue weighted by Gasteiger charge is 2.27. The minimum Gasteiger partial charge on any atom is -0.501 e. The van der Waals surface area contributed by atoms with Crippen molar-refractivity contribution in [3.8, 4) is 16.5 Å². The Morgan fingerprint density at radius 3 is 2.61 bits per heavy atom. The Hall–Kier alpha value is -3.66. The summed E-state index contributed by atoms with van der Waals surface area (Å²) >= 11 is 1.11. The predicted molar refractivity (Wildman–Crippen MR) is 149 cm³/mol. The zero-order valence-electron chi connectivity index (χ0n) is 22.8. The first-order valence-corrected chi connectivity index (χ1v) is 15.0. The Bertz CT molecular complexity index is 1790. The average molecular weight is 605 g/mol. The van der Waals surface area contributed by atoms with E-state index in [-0.39, 0.29) is 52.5 Å². The van der Waals surface area contributed by atoms with Crippen LogP contribution in [-0.2, 0) is 32.5 Å². The summed E-state index contributed by atoms with van der Waals surface area (Å²) in [6, 6.07) is 3.56. The van der Waals surface area contributed by atoms with E-state index in [1.807, 2.05) is 13.8 Å². The zero-order valence-corrected chi connectivity index (χ0v) is 24.4. The van der Waals surface area contributed by atoms with Crippen LogP contribution in [0.3, 0.4) is 0 Å². The molecule has 3 aromatic heterocycles. The van der Waals surface area contributed by atoms with Crippen molar-refractivity contribution < 1.29 is 27.4 Å². The van der Waals surface area contributed by atoms with Crippen molar-refractivity contribution in [3.63, 3.8) is 0 Å². The summed E-state index contributed by atoms with van der Waals surface area (Å²) in [5.74, 6) is -1.30. The number of carbonyl (C=O) groups excluding carboxylic acids is 1. The number of morpholine rings is 1. The lowest BCUT2D eigenvalue weighted by molar-refractivity contribution is -0.143. The van der Waals surface area contributed by atoms with Crippen LogP contribution >= 0.6 is 11.3 Å². The maximum Gasteiger partial charge on any atom is 0.302 e. The van der Waals surface area contributed by atoms with Gasteiger partial charge in [-0.15, -0.1) is 11.3 Å². The van der Waals surface area contributed by atoms with Crippen LogP contribution in [0, 0.1) is 5.82 Å². The van der Waals surface area contributed by atoms with E-state index < -0.39 is 27.1 Å². The van der Waals surface area contributed by atoms with Gasteiger partial charge in [0.2, 0.25) is 27.5 Å². The number of aromatic nitrogens is 4. The molecule has 1 saturated heterocycles. The molecule has 0 spiro atoms. The van der Waals surface area contributed by atoms with Gasteiger partial charge in [0.25, 0.3) is 0 Å². The molecule has 15 heteroatoms. The molecule has 1 fully saturated rings. The minimum atomic E-state index is -3.91. The molecule has 12 nitrogen and oxygen atoms in total. The summed E-state index contributed by atoms with van der Waals surface area (Å²) in [4.78, 5) is 37.0. The summed E-state index contributed by atoms with van der Waals surface area (Å²) < 4.78 is 48.9. The van der Waals surface area contributed by atoms with Crippen molar-refractivity contribution in [2.45, 2.75) is 43.9 Å². The molecule has 1 aliphatic rings. The summed E-state index contributed by atoms with van der Waals surface area (Å²) in [7, 11) is -1.19. The first-order valence-electron chi connectivity index (χ1n) is 12.7. The first-order chi connectivity index (χ1) is 19.3. The van der Waals surface area contributed by atoms with Crippen LogP contribution < -0.4 is 5.56 Å². The molecule has 0 radical (unpaired) electrons. The van der Waals surface area contributed by atoms with Gasteiger partial charge >= 0.3 is 5.56 Å². The minimum absolute atomic E-state index is 0.0625. The van der Waals surface area contributed by atoms with Crippen LogP contribution in [0.1, 0.15) is 24.3 Å². The second-order valence-electron chi connectivity index (χ2n) is 10.1. The van der Waals surface area contributed by atoms with Gasteiger partial charge < -0.3 is 19.3 Å². The van der Waals surface area contributed by atoms with E-state index in [1.54, 1.807) is 11.1 Å². The van der Waals surface area contributed by atoms with E-state index in [4.69, 9.17) is 4.74 Å². The number of amides is 1. The zero-order chi connectivity index (χ0) is 29.6. The normalized spacial score (nSPS) is 18.0. The molecule has 0 bridgehead atoms. The summed E-state index contributed by atoms with van der Waals surface area (Å²) in [6.07, 6.45) is 4.39. The van der Waals surface area contributed by atoms with Crippen LogP contribution in [-0.4, -0.2) is 87.0 Å². The lowest BCUT2D eigenvalue weighted by Gasteiger charge is -2.35. The highest BCUT2D eigenvalue weighted by atomic mass is 32.2. The smallest absolute Gasteiger partial charge is 0.302 e. The topological polar surface area (TPSA) is 139 Å². The van der Waals surface area contributed by atoms with Crippen molar-refractivity contribution in [1.82, 2.24) is 28.1 Å². The Morgan fingerprint density at radius 1 is 1.22 bits per heavy atom. The van der Waals surface area contributed by atoms with Gasteiger partial charge in [-0.2, -0.15) is 0 Å². The third-order valence-corrected chi connectivity index (χ3v) is 9.61. The number of sulfonamides is 1. The van der Waals surface area contributed by atoms with Gasteiger partial charge in [0.1, 0.15) is 17.4 Å². The maximum atomic E-state index is 13.9. The van der Waals surface area contributed by atoms with E-state index >= 15 is 0 Å². The number of ether oxygens (including phenoxy) is 1. The molecule has 1 amide bonds. The molecule has 1 N–H and O–H groups in total. The van der Waals surface area contributed by atoms with Gasteiger partial charge in [-0.25, -0.2) is 31.5 Å². The Balaban J connectivity index is 1.46. The quantitative estimate of drug-likeness (QED) is 0.338. The molecule has 0 saturated carbocycles. The fourth-order valence-electron chi connectivity index (χ4n) is 4.76. The summed E-state index contributed by atoms with van der Waals surface area (Å²) in [5, 5.41) is 10.9. The number of halogens is 1. The number of hydrogen-bond donors (Lipinski definition) is 1. The number of fused-ring (bicyclic) bond motifs is 1. The van der Waals surface area contributed by atoms with E-state index in [2.05, 4.69) is 9.97 Å². The van der Waals surface area contributed by atoms with Crippen molar-refractivity contribution in [1.29, 1.82) is 0 Å². The van der Waals surface area contributed by atoms with E-state index in [1.165, 1.54) is 43.2 Å². The molecule has 1 aromatic carbocycles. The van der Waals surface area contributed by atoms with Crippen molar-refractivity contribution in [3.05, 3.63) is 63.4 Å². The Kier molecular flexibility index (Phi) is 7.72. The number of benzene rings is 1. The SMILES string of the molecule is C[C@H]1CN(C(=O)Cn2ccn3c(=O)c(O)c(-c4ncc(Cc5ccc(F)cc5S(=O)(=O)N(C)C)s4)nc23)C[C@H](C)O1. The average Bonchev–Trinajstić information content (AvgIpc) is 3.53. The van der Waals surface area contributed by atoms with Crippen LogP contribution in [0.25, 0.3) is 16.5 Å². The summed E-state index contributed by atoms with van der Waals surface area (Å²) in [6.45, 7) is 4.64. The van der Waals surface area contributed by atoms with E-state index in [9.17, 15) is 27.5 Å². The highest BCUT2D eigenvalue weighted by Crippen LogP contribution is 2.31.